The standard InChI is InChI=1S/C26H34ClN3O4S/c1-3-24(26(32)28-22-11-7-8-12-22)29(18-17-20-9-5-4-6-10-20)25(31)19-30(35(2,33)34)23-15-13-21(27)14-16-23/h4-6,9-10,13-16,22,24H,3,7-8,11-12,17-19H2,1-2H3,(H,28,32). The van der Waals surface area contributed by atoms with E-state index in [1.54, 1.807) is 24.3 Å². The van der Waals surface area contributed by atoms with Crippen molar-refractivity contribution in [2.45, 2.75) is 57.5 Å². The van der Waals surface area contributed by atoms with Crippen LogP contribution in [0.2, 0.25) is 5.02 Å². The van der Waals surface area contributed by atoms with Crippen LogP contribution in [0.4, 0.5) is 5.69 Å². The van der Waals surface area contributed by atoms with E-state index >= 15 is 0 Å². The highest BCUT2D eigenvalue weighted by Crippen LogP contribution is 2.22. The van der Waals surface area contributed by atoms with Crippen LogP contribution >= 0.6 is 11.6 Å². The maximum atomic E-state index is 13.6. The lowest BCUT2D eigenvalue weighted by atomic mass is 10.1. The van der Waals surface area contributed by atoms with E-state index in [4.69, 9.17) is 11.6 Å². The highest BCUT2D eigenvalue weighted by molar-refractivity contribution is 7.92. The van der Waals surface area contributed by atoms with Gasteiger partial charge in [0, 0.05) is 17.6 Å². The van der Waals surface area contributed by atoms with Crippen LogP contribution in [0.15, 0.2) is 54.6 Å². The van der Waals surface area contributed by atoms with Gasteiger partial charge in [0.1, 0.15) is 12.6 Å². The smallest absolute Gasteiger partial charge is 0.244 e. The quantitative estimate of drug-likeness (QED) is 0.486. The molecule has 9 heteroatoms. The van der Waals surface area contributed by atoms with Crippen LogP contribution in [-0.2, 0) is 26.0 Å². The largest absolute Gasteiger partial charge is 0.352 e. The number of halogens is 1. The molecule has 2 amide bonds. The summed E-state index contributed by atoms with van der Waals surface area (Å²) in [5, 5.41) is 3.57. The van der Waals surface area contributed by atoms with Gasteiger partial charge < -0.3 is 10.2 Å². The Morgan fingerprint density at radius 2 is 1.69 bits per heavy atom. The van der Waals surface area contributed by atoms with Gasteiger partial charge in [-0.2, -0.15) is 0 Å². The van der Waals surface area contributed by atoms with E-state index in [0.717, 1.165) is 41.8 Å². The van der Waals surface area contributed by atoms with Gasteiger partial charge in [-0.05, 0) is 55.5 Å². The SMILES string of the molecule is CCC(C(=O)NC1CCCC1)N(CCc1ccccc1)C(=O)CN(c1ccc(Cl)cc1)S(C)(=O)=O. The molecule has 0 spiro atoms. The number of hydrogen-bond donors (Lipinski definition) is 1. The third kappa shape index (κ3) is 7.70. The fourth-order valence-corrected chi connectivity index (χ4v) is 5.46. The van der Waals surface area contributed by atoms with Gasteiger partial charge in [-0.15, -0.1) is 0 Å². The Kier molecular flexibility index (Phi) is 9.57. The summed E-state index contributed by atoms with van der Waals surface area (Å²) in [6.45, 7) is 1.77. The zero-order valence-electron chi connectivity index (χ0n) is 20.3. The fourth-order valence-electron chi connectivity index (χ4n) is 4.48. The molecule has 2 aromatic carbocycles. The summed E-state index contributed by atoms with van der Waals surface area (Å²) in [6, 6.07) is 15.5. The minimum atomic E-state index is -3.76. The van der Waals surface area contributed by atoms with Crippen LogP contribution < -0.4 is 9.62 Å². The molecular formula is C26H34ClN3O4S. The molecular weight excluding hydrogens is 486 g/mol. The topological polar surface area (TPSA) is 86.8 Å². The molecule has 2 aromatic rings. The maximum Gasteiger partial charge on any atom is 0.244 e. The molecule has 3 rings (SSSR count). The summed E-state index contributed by atoms with van der Waals surface area (Å²) in [5.41, 5.74) is 1.38. The van der Waals surface area contributed by atoms with Crippen molar-refractivity contribution in [3.8, 4) is 0 Å². The van der Waals surface area contributed by atoms with Crippen LogP contribution in [0.3, 0.4) is 0 Å². The van der Waals surface area contributed by atoms with Crippen molar-refractivity contribution in [1.82, 2.24) is 10.2 Å². The van der Waals surface area contributed by atoms with Crippen molar-refractivity contribution in [3.05, 3.63) is 65.2 Å². The van der Waals surface area contributed by atoms with Gasteiger partial charge in [0.2, 0.25) is 21.8 Å². The highest BCUT2D eigenvalue weighted by Gasteiger charge is 2.32. The molecule has 1 saturated carbocycles. The predicted molar refractivity (Wildman–Crippen MR) is 140 cm³/mol. The predicted octanol–water partition coefficient (Wildman–Crippen LogP) is 4.01. The minimum Gasteiger partial charge on any atom is -0.352 e. The lowest BCUT2D eigenvalue weighted by molar-refractivity contribution is -0.139. The summed E-state index contributed by atoms with van der Waals surface area (Å²) in [5.74, 6) is -0.604. The van der Waals surface area contributed by atoms with Crippen LogP contribution in [0.5, 0.6) is 0 Å². The van der Waals surface area contributed by atoms with Crippen LogP contribution in [0, 0.1) is 0 Å². The van der Waals surface area contributed by atoms with E-state index in [1.807, 2.05) is 37.3 Å². The Bertz CT molecular complexity index is 1090. The van der Waals surface area contributed by atoms with E-state index in [2.05, 4.69) is 5.32 Å². The number of nitrogens with zero attached hydrogens (tertiary/aromatic N) is 2. The van der Waals surface area contributed by atoms with E-state index in [-0.39, 0.29) is 11.9 Å². The Hall–Kier alpha value is -2.58. The van der Waals surface area contributed by atoms with Crippen LogP contribution in [-0.4, -0.2) is 56.6 Å². The molecule has 1 aliphatic carbocycles. The van der Waals surface area contributed by atoms with Gasteiger partial charge in [0.05, 0.1) is 11.9 Å². The number of carbonyl (C=O) groups excluding carboxylic acids is 2. The molecule has 0 aliphatic heterocycles. The number of amides is 2. The molecule has 35 heavy (non-hydrogen) atoms. The first-order valence-electron chi connectivity index (χ1n) is 12.1. The Morgan fingerprint density at radius 1 is 1.06 bits per heavy atom. The molecule has 0 heterocycles. The number of nitrogens with one attached hydrogen (secondary N) is 1. The first-order valence-corrected chi connectivity index (χ1v) is 14.3. The number of hydrogen-bond acceptors (Lipinski definition) is 4. The van der Waals surface area contributed by atoms with Crippen molar-refractivity contribution < 1.29 is 18.0 Å². The molecule has 7 nitrogen and oxygen atoms in total. The molecule has 1 fully saturated rings. The van der Waals surface area contributed by atoms with E-state index in [1.165, 1.54) is 4.90 Å². The molecule has 0 bridgehead atoms. The molecule has 1 N–H and O–H groups in total. The minimum absolute atomic E-state index is 0.129. The van der Waals surface area contributed by atoms with Crippen molar-refractivity contribution in [2.75, 3.05) is 23.7 Å². The summed E-state index contributed by atoms with van der Waals surface area (Å²) < 4.78 is 26.3. The van der Waals surface area contributed by atoms with E-state index in [9.17, 15) is 18.0 Å². The van der Waals surface area contributed by atoms with Gasteiger partial charge >= 0.3 is 0 Å². The average Bonchev–Trinajstić information content (AvgIpc) is 3.33. The molecule has 1 aliphatic rings. The molecule has 1 atom stereocenters. The Morgan fingerprint density at radius 3 is 2.26 bits per heavy atom. The van der Waals surface area contributed by atoms with Gasteiger partial charge in [0.25, 0.3) is 0 Å². The molecule has 0 radical (unpaired) electrons. The van der Waals surface area contributed by atoms with Crippen molar-refractivity contribution in [2.24, 2.45) is 0 Å². The van der Waals surface area contributed by atoms with E-state index in [0.29, 0.717) is 30.1 Å². The lowest BCUT2D eigenvalue weighted by Crippen LogP contribution is -2.54. The number of anilines is 1. The lowest BCUT2D eigenvalue weighted by Gasteiger charge is -2.33. The normalized spacial score (nSPS) is 14.9. The van der Waals surface area contributed by atoms with Gasteiger partial charge in [-0.3, -0.25) is 13.9 Å². The second-order valence-corrected chi connectivity index (χ2v) is 11.3. The summed E-state index contributed by atoms with van der Waals surface area (Å²) in [7, 11) is -3.76. The second-order valence-electron chi connectivity index (χ2n) is 8.98. The first-order chi connectivity index (χ1) is 16.7. The number of rotatable bonds is 11. The fraction of sp³-hybridized carbons (Fsp3) is 0.462. The molecule has 1 unspecified atom stereocenters. The van der Waals surface area contributed by atoms with Gasteiger partial charge in [0.15, 0.2) is 0 Å². The van der Waals surface area contributed by atoms with Crippen LogP contribution in [0.1, 0.15) is 44.6 Å². The zero-order chi connectivity index (χ0) is 25.4. The monoisotopic (exact) mass is 519 g/mol. The van der Waals surface area contributed by atoms with Crippen molar-refractivity contribution in [1.29, 1.82) is 0 Å². The molecule has 190 valence electrons. The third-order valence-electron chi connectivity index (χ3n) is 6.37. The second kappa shape index (κ2) is 12.4. The van der Waals surface area contributed by atoms with E-state index < -0.39 is 28.5 Å². The number of benzene rings is 2. The zero-order valence-corrected chi connectivity index (χ0v) is 21.9. The third-order valence-corrected chi connectivity index (χ3v) is 7.76. The van der Waals surface area contributed by atoms with Gasteiger partial charge in [-0.1, -0.05) is 61.7 Å². The van der Waals surface area contributed by atoms with Crippen molar-refractivity contribution >= 4 is 39.1 Å². The summed E-state index contributed by atoms with van der Waals surface area (Å²) in [4.78, 5) is 28.4. The Balaban J connectivity index is 1.85. The van der Waals surface area contributed by atoms with Gasteiger partial charge in [-0.25, -0.2) is 8.42 Å². The number of carbonyl (C=O) groups is 2. The van der Waals surface area contributed by atoms with Crippen molar-refractivity contribution in [3.63, 3.8) is 0 Å². The maximum absolute atomic E-state index is 13.6. The Labute approximate surface area is 213 Å². The molecule has 0 saturated heterocycles. The number of sulfonamides is 1. The highest BCUT2D eigenvalue weighted by atomic mass is 35.5. The summed E-state index contributed by atoms with van der Waals surface area (Å²) in [6.07, 6.45) is 6.11. The first kappa shape index (κ1) is 27.0. The molecule has 0 aromatic heterocycles. The van der Waals surface area contributed by atoms with Crippen LogP contribution in [0.25, 0.3) is 0 Å². The summed E-state index contributed by atoms with van der Waals surface area (Å²) >= 11 is 5.96. The average molecular weight is 520 g/mol.